The van der Waals surface area contributed by atoms with Crippen LogP contribution in [0.3, 0.4) is 0 Å². The van der Waals surface area contributed by atoms with Crippen LogP contribution >= 0.6 is 34.2 Å². The van der Waals surface area contributed by atoms with Gasteiger partial charge in [0.05, 0.1) is 17.1 Å². The first-order chi connectivity index (χ1) is 8.08. The first-order valence-electron chi connectivity index (χ1n) is 5.10. The summed E-state index contributed by atoms with van der Waals surface area (Å²) in [5.74, 6) is 0.596. The van der Waals surface area contributed by atoms with Crippen LogP contribution in [0.1, 0.15) is 11.4 Å². The summed E-state index contributed by atoms with van der Waals surface area (Å²) < 4.78 is 1.11. The van der Waals surface area contributed by atoms with Gasteiger partial charge in [0.1, 0.15) is 0 Å². The summed E-state index contributed by atoms with van der Waals surface area (Å²) in [6.45, 7) is 3.81. The molecule has 0 fully saturated rings. The fourth-order valence-corrected chi connectivity index (χ4v) is 2.08. The van der Waals surface area contributed by atoms with Gasteiger partial charge in [0.25, 0.3) is 0 Å². The van der Waals surface area contributed by atoms with Crippen molar-refractivity contribution in [1.82, 2.24) is 9.97 Å². The molecule has 0 spiro atoms. The van der Waals surface area contributed by atoms with E-state index in [9.17, 15) is 0 Å². The van der Waals surface area contributed by atoms with E-state index in [1.54, 1.807) is 0 Å². The van der Waals surface area contributed by atoms with E-state index in [2.05, 4.69) is 37.9 Å². The molecule has 1 aromatic heterocycles. The Kier molecular flexibility index (Phi) is 3.83. The molecule has 0 radical (unpaired) electrons. The van der Waals surface area contributed by atoms with E-state index in [4.69, 9.17) is 11.6 Å². The fourth-order valence-electron chi connectivity index (χ4n) is 1.35. The molecule has 3 nitrogen and oxygen atoms in total. The van der Waals surface area contributed by atoms with Gasteiger partial charge >= 0.3 is 0 Å². The van der Waals surface area contributed by atoms with Gasteiger partial charge in [-0.15, -0.1) is 0 Å². The van der Waals surface area contributed by atoms with Crippen molar-refractivity contribution in [1.29, 1.82) is 0 Å². The van der Waals surface area contributed by atoms with Crippen LogP contribution < -0.4 is 5.32 Å². The molecule has 88 valence electrons. The molecule has 1 aromatic carbocycles. The maximum atomic E-state index is 6.07. The highest BCUT2D eigenvalue weighted by Crippen LogP contribution is 2.25. The third-order valence-corrected chi connectivity index (χ3v) is 3.60. The summed E-state index contributed by atoms with van der Waals surface area (Å²) in [7, 11) is 0. The number of anilines is 2. The first kappa shape index (κ1) is 12.6. The summed E-state index contributed by atoms with van der Waals surface area (Å²) in [6.07, 6.45) is 0. The van der Waals surface area contributed by atoms with Gasteiger partial charge in [-0.3, -0.25) is 0 Å². The highest BCUT2D eigenvalue weighted by atomic mass is 127. The number of aromatic nitrogens is 2. The third kappa shape index (κ3) is 2.87. The molecule has 1 heterocycles. The highest BCUT2D eigenvalue weighted by Gasteiger charge is 2.08. The number of nitrogens with one attached hydrogen (secondary N) is 1. The molecule has 2 rings (SSSR count). The average molecular weight is 360 g/mol. The standard InChI is InChI=1S/C12H11ClIN3/c1-7-8(2)16-12(11(13)15-7)17-10-6-4-3-5-9(10)14/h3-6H,1-2H3,(H,16,17). The molecular weight excluding hydrogens is 349 g/mol. The van der Waals surface area contributed by atoms with Crippen LogP contribution in [0.4, 0.5) is 11.5 Å². The lowest BCUT2D eigenvalue weighted by Crippen LogP contribution is -2.01. The fraction of sp³-hybridized carbons (Fsp3) is 0.167. The molecule has 2 aromatic rings. The van der Waals surface area contributed by atoms with Gasteiger partial charge in [-0.25, -0.2) is 9.97 Å². The lowest BCUT2D eigenvalue weighted by molar-refractivity contribution is 1.05. The number of benzene rings is 1. The van der Waals surface area contributed by atoms with Crippen molar-refractivity contribution in [3.05, 3.63) is 44.4 Å². The topological polar surface area (TPSA) is 37.8 Å². The first-order valence-corrected chi connectivity index (χ1v) is 6.56. The predicted octanol–water partition coefficient (Wildman–Crippen LogP) is 4.10. The van der Waals surface area contributed by atoms with Gasteiger partial charge in [-0.2, -0.15) is 0 Å². The number of aryl methyl sites for hydroxylation is 2. The Balaban J connectivity index is 2.37. The number of nitrogens with zero attached hydrogens (tertiary/aromatic N) is 2. The molecule has 0 amide bonds. The molecule has 0 saturated carbocycles. The van der Waals surface area contributed by atoms with Crippen molar-refractivity contribution in [2.75, 3.05) is 5.32 Å². The smallest absolute Gasteiger partial charge is 0.172 e. The van der Waals surface area contributed by atoms with E-state index >= 15 is 0 Å². The Morgan fingerprint density at radius 3 is 2.47 bits per heavy atom. The maximum Gasteiger partial charge on any atom is 0.172 e. The van der Waals surface area contributed by atoms with Crippen LogP contribution in [0.5, 0.6) is 0 Å². The third-order valence-electron chi connectivity index (χ3n) is 2.39. The molecular formula is C12H11ClIN3. The van der Waals surface area contributed by atoms with Crippen LogP contribution in [-0.4, -0.2) is 9.97 Å². The van der Waals surface area contributed by atoms with Crippen molar-refractivity contribution < 1.29 is 0 Å². The van der Waals surface area contributed by atoms with Gasteiger partial charge in [0.2, 0.25) is 0 Å². The number of halogens is 2. The van der Waals surface area contributed by atoms with Gasteiger partial charge in [-0.05, 0) is 48.6 Å². The quantitative estimate of drug-likeness (QED) is 0.821. The number of hydrogen-bond donors (Lipinski definition) is 1. The number of rotatable bonds is 2. The number of hydrogen-bond acceptors (Lipinski definition) is 3. The molecule has 0 aliphatic heterocycles. The lowest BCUT2D eigenvalue weighted by Gasteiger charge is -2.10. The minimum atomic E-state index is 0.396. The van der Waals surface area contributed by atoms with Crippen molar-refractivity contribution in [2.24, 2.45) is 0 Å². The maximum absolute atomic E-state index is 6.07. The van der Waals surface area contributed by atoms with Gasteiger partial charge in [-0.1, -0.05) is 23.7 Å². The normalized spacial score (nSPS) is 10.4. The van der Waals surface area contributed by atoms with Crippen molar-refractivity contribution in [3.63, 3.8) is 0 Å². The van der Waals surface area contributed by atoms with E-state index in [-0.39, 0.29) is 0 Å². The van der Waals surface area contributed by atoms with Crippen molar-refractivity contribution in [3.8, 4) is 0 Å². The zero-order valence-electron chi connectivity index (χ0n) is 9.46. The van der Waals surface area contributed by atoms with Crippen LogP contribution in [0.25, 0.3) is 0 Å². The summed E-state index contributed by atoms with van der Waals surface area (Å²) in [4.78, 5) is 8.64. The molecule has 0 atom stereocenters. The molecule has 5 heteroatoms. The number of para-hydroxylation sites is 1. The Hall–Kier alpha value is -0.880. The molecule has 17 heavy (non-hydrogen) atoms. The highest BCUT2D eigenvalue weighted by molar-refractivity contribution is 14.1. The Labute approximate surface area is 119 Å². The van der Waals surface area contributed by atoms with Crippen LogP contribution in [0.15, 0.2) is 24.3 Å². The van der Waals surface area contributed by atoms with E-state index in [0.29, 0.717) is 11.0 Å². The second-order valence-corrected chi connectivity index (χ2v) is 5.16. The molecule has 0 aliphatic rings. The van der Waals surface area contributed by atoms with Crippen LogP contribution in [0.2, 0.25) is 5.15 Å². The lowest BCUT2D eigenvalue weighted by atomic mass is 10.3. The zero-order chi connectivity index (χ0) is 12.4. The Morgan fingerprint density at radius 1 is 1.12 bits per heavy atom. The largest absolute Gasteiger partial charge is 0.337 e. The molecule has 0 aliphatic carbocycles. The summed E-state index contributed by atoms with van der Waals surface area (Å²) in [5, 5.41) is 3.59. The average Bonchev–Trinajstić information content (AvgIpc) is 2.29. The van der Waals surface area contributed by atoms with Gasteiger partial charge in [0.15, 0.2) is 11.0 Å². The molecule has 0 unspecified atom stereocenters. The Morgan fingerprint density at radius 2 is 1.76 bits per heavy atom. The predicted molar refractivity (Wildman–Crippen MR) is 79.0 cm³/mol. The summed E-state index contributed by atoms with van der Waals surface area (Å²) in [5.41, 5.74) is 2.71. The van der Waals surface area contributed by atoms with Crippen molar-refractivity contribution in [2.45, 2.75) is 13.8 Å². The monoisotopic (exact) mass is 359 g/mol. The van der Waals surface area contributed by atoms with E-state index < -0.39 is 0 Å². The summed E-state index contributed by atoms with van der Waals surface area (Å²) in [6, 6.07) is 7.95. The van der Waals surface area contributed by atoms with Gasteiger partial charge < -0.3 is 5.32 Å². The molecule has 0 saturated heterocycles. The van der Waals surface area contributed by atoms with Gasteiger partial charge in [0, 0.05) is 3.57 Å². The SMILES string of the molecule is Cc1nc(Cl)c(Nc2ccccc2I)nc1C. The van der Waals surface area contributed by atoms with E-state index in [1.165, 1.54) is 0 Å². The minimum absolute atomic E-state index is 0.396. The summed E-state index contributed by atoms with van der Waals surface area (Å²) >= 11 is 8.33. The zero-order valence-corrected chi connectivity index (χ0v) is 12.4. The Bertz CT molecular complexity index is 557. The second-order valence-electron chi connectivity index (χ2n) is 3.64. The van der Waals surface area contributed by atoms with E-state index in [0.717, 1.165) is 20.6 Å². The second kappa shape index (κ2) is 5.18. The molecule has 1 N–H and O–H groups in total. The molecule has 0 bridgehead atoms. The van der Waals surface area contributed by atoms with Crippen LogP contribution in [-0.2, 0) is 0 Å². The van der Waals surface area contributed by atoms with Crippen LogP contribution in [0, 0.1) is 17.4 Å². The van der Waals surface area contributed by atoms with E-state index in [1.807, 2.05) is 38.1 Å². The van der Waals surface area contributed by atoms with Crippen molar-refractivity contribution >= 4 is 45.7 Å². The minimum Gasteiger partial charge on any atom is -0.337 e.